The minimum atomic E-state index is 0.436. The molecule has 0 atom stereocenters. The van der Waals surface area contributed by atoms with E-state index in [1.54, 1.807) is 12.5 Å². The standard InChI is InChI=1S/C14H9N5O/c1-3-9-4-2-6-15-11(9)10(5-1)20-14-12-13(17-7-16-12)18-8-19-14/h1-8H,(H,16,17,18,19). The van der Waals surface area contributed by atoms with E-state index >= 15 is 0 Å². The van der Waals surface area contributed by atoms with Gasteiger partial charge < -0.3 is 9.72 Å². The van der Waals surface area contributed by atoms with Crippen molar-refractivity contribution in [2.24, 2.45) is 0 Å². The number of aromatic nitrogens is 5. The van der Waals surface area contributed by atoms with Crippen molar-refractivity contribution in [1.82, 2.24) is 24.9 Å². The molecule has 4 rings (SSSR count). The highest BCUT2D eigenvalue weighted by Gasteiger charge is 2.10. The molecule has 3 heterocycles. The van der Waals surface area contributed by atoms with Crippen LogP contribution >= 0.6 is 0 Å². The number of fused-ring (bicyclic) bond motifs is 2. The first-order chi connectivity index (χ1) is 9.92. The molecule has 0 amide bonds. The number of rotatable bonds is 2. The van der Waals surface area contributed by atoms with Crippen LogP contribution in [0.15, 0.2) is 49.2 Å². The van der Waals surface area contributed by atoms with E-state index in [0.717, 1.165) is 10.9 Å². The second-order valence-electron chi connectivity index (χ2n) is 4.21. The number of aromatic amines is 1. The summed E-state index contributed by atoms with van der Waals surface area (Å²) < 4.78 is 5.88. The van der Waals surface area contributed by atoms with Gasteiger partial charge in [-0.3, -0.25) is 4.98 Å². The molecule has 6 nitrogen and oxygen atoms in total. The Labute approximate surface area is 113 Å². The van der Waals surface area contributed by atoms with E-state index < -0.39 is 0 Å². The van der Waals surface area contributed by atoms with Crippen molar-refractivity contribution in [3.8, 4) is 11.6 Å². The third-order valence-corrected chi connectivity index (χ3v) is 2.99. The van der Waals surface area contributed by atoms with Crippen molar-refractivity contribution in [1.29, 1.82) is 0 Å². The van der Waals surface area contributed by atoms with Gasteiger partial charge >= 0.3 is 0 Å². The molecule has 0 radical (unpaired) electrons. The lowest BCUT2D eigenvalue weighted by Crippen LogP contribution is -1.92. The molecular formula is C14H9N5O. The zero-order chi connectivity index (χ0) is 13.4. The molecule has 0 unspecified atom stereocenters. The highest BCUT2D eigenvalue weighted by molar-refractivity contribution is 5.85. The summed E-state index contributed by atoms with van der Waals surface area (Å²) in [6.07, 6.45) is 4.73. The number of H-pyrrole nitrogens is 1. The van der Waals surface area contributed by atoms with E-state index in [9.17, 15) is 0 Å². The van der Waals surface area contributed by atoms with Crippen LogP contribution in [0.3, 0.4) is 0 Å². The molecule has 3 aromatic heterocycles. The minimum absolute atomic E-state index is 0.436. The maximum atomic E-state index is 5.88. The van der Waals surface area contributed by atoms with Crippen molar-refractivity contribution in [2.45, 2.75) is 0 Å². The summed E-state index contributed by atoms with van der Waals surface area (Å²) in [6, 6.07) is 9.65. The fourth-order valence-electron chi connectivity index (χ4n) is 2.08. The average molecular weight is 263 g/mol. The number of hydrogen-bond acceptors (Lipinski definition) is 5. The number of hydrogen-bond donors (Lipinski definition) is 1. The molecule has 0 fully saturated rings. The van der Waals surface area contributed by atoms with Crippen LogP contribution in [-0.2, 0) is 0 Å². The molecule has 1 N–H and O–H groups in total. The molecular weight excluding hydrogens is 254 g/mol. The van der Waals surface area contributed by atoms with Crippen LogP contribution in [0, 0.1) is 0 Å². The van der Waals surface area contributed by atoms with Crippen molar-refractivity contribution < 1.29 is 4.74 Å². The van der Waals surface area contributed by atoms with Gasteiger partial charge in [-0.1, -0.05) is 18.2 Å². The molecule has 0 saturated heterocycles. The van der Waals surface area contributed by atoms with E-state index in [0.29, 0.717) is 22.8 Å². The second kappa shape index (κ2) is 4.27. The predicted octanol–water partition coefficient (Wildman–Crippen LogP) is 2.69. The molecule has 0 bridgehead atoms. The monoisotopic (exact) mass is 263 g/mol. The molecule has 0 aliphatic carbocycles. The lowest BCUT2D eigenvalue weighted by atomic mass is 10.2. The van der Waals surface area contributed by atoms with Gasteiger partial charge in [-0.05, 0) is 12.1 Å². The molecule has 0 spiro atoms. The zero-order valence-corrected chi connectivity index (χ0v) is 10.3. The van der Waals surface area contributed by atoms with Crippen LogP contribution in [0.4, 0.5) is 0 Å². The Morgan fingerprint density at radius 2 is 1.90 bits per heavy atom. The maximum Gasteiger partial charge on any atom is 0.248 e. The molecule has 6 heteroatoms. The summed E-state index contributed by atoms with van der Waals surface area (Å²) in [4.78, 5) is 19.6. The summed E-state index contributed by atoms with van der Waals surface area (Å²) in [7, 11) is 0. The van der Waals surface area contributed by atoms with Crippen LogP contribution in [0.25, 0.3) is 22.1 Å². The van der Waals surface area contributed by atoms with Crippen molar-refractivity contribution in [3.63, 3.8) is 0 Å². The van der Waals surface area contributed by atoms with Gasteiger partial charge in [-0.2, -0.15) is 4.98 Å². The number of nitrogens with one attached hydrogen (secondary N) is 1. The number of nitrogens with zero attached hydrogens (tertiary/aromatic N) is 4. The van der Waals surface area contributed by atoms with Crippen LogP contribution in [0.5, 0.6) is 11.6 Å². The van der Waals surface area contributed by atoms with Crippen LogP contribution in [0.1, 0.15) is 0 Å². The molecule has 0 aliphatic heterocycles. The van der Waals surface area contributed by atoms with Gasteiger partial charge in [0.15, 0.2) is 11.4 Å². The highest BCUT2D eigenvalue weighted by Crippen LogP contribution is 2.29. The first kappa shape index (κ1) is 10.9. The summed E-state index contributed by atoms with van der Waals surface area (Å²) >= 11 is 0. The fourth-order valence-corrected chi connectivity index (χ4v) is 2.08. The first-order valence-electron chi connectivity index (χ1n) is 6.07. The van der Waals surface area contributed by atoms with Gasteiger partial charge in [0.2, 0.25) is 5.88 Å². The third kappa shape index (κ3) is 1.66. The Balaban J connectivity index is 1.87. The first-order valence-corrected chi connectivity index (χ1v) is 6.07. The van der Waals surface area contributed by atoms with E-state index in [-0.39, 0.29) is 0 Å². The smallest absolute Gasteiger partial charge is 0.248 e. The quantitative estimate of drug-likeness (QED) is 0.601. The Morgan fingerprint density at radius 1 is 0.950 bits per heavy atom. The number of pyridine rings is 1. The SMILES string of the molecule is c1cnc2c(Oc3ncnc4nc[nH]c34)cccc2c1. The Morgan fingerprint density at radius 3 is 2.90 bits per heavy atom. The second-order valence-corrected chi connectivity index (χ2v) is 4.21. The average Bonchev–Trinajstić information content (AvgIpc) is 2.97. The van der Waals surface area contributed by atoms with Crippen molar-refractivity contribution >= 4 is 22.1 Å². The lowest BCUT2D eigenvalue weighted by Gasteiger charge is -2.07. The van der Waals surface area contributed by atoms with Gasteiger partial charge in [0.25, 0.3) is 0 Å². The van der Waals surface area contributed by atoms with Gasteiger partial charge in [0.05, 0.1) is 6.33 Å². The van der Waals surface area contributed by atoms with Crippen molar-refractivity contribution in [2.75, 3.05) is 0 Å². The fraction of sp³-hybridized carbons (Fsp3) is 0. The number of para-hydroxylation sites is 1. The Bertz CT molecular complexity index is 897. The lowest BCUT2D eigenvalue weighted by molar-refractivity contribution is 0.471. The van der Waals surface area contributed by atoms with E-state index in [2.05, 4.69) is 24.9 Å². The molecule has 1 aromatic carbocycles. The van der Waals surface area contributed by atoms with Gasteiger partial charge in [-0.15, -0.1) is 0 Å². The van der Waals surface area contributed by atoms with Gasteiger partial charge in [0.1, 0.15) is 17.4 Å². The topological polar surface area (TPSA) is 76.6 Å². The minimum Gasteiger partial charge on any atom is -0.435 e. The van der Waals surface area contributed by atoms with Gasteiger partial charge in [-0.25, -0.2) is 9.97 Å². The van der Waals surface area contributed by atoms with E-state index in [1.807, 2.05) is 30.3 Å². The van der Waals surface area contributed by atoms with E-state index in [4.69, 9.17) is 4.74 Å². The molecule has 0 aliphatic rings. The summed E-state index contributed by atoms with van der Waals surface area (Å²) in [5.74, 6) is 1.09. The van der Waals surface area contributed by atoms with Crippen LogP contribution in [-0.4, -0.2) is 24.9 Å². The number of imidazole rings is 1. The van der Waals surface area contributed by atoms with Gasteiger partial charge in [0, 0.05) is 11.6 Å². The van der Waals surface area contributed by atoms with Crippen LogP contribution < -0.4 is 4.74 Å². The van der Waals surface area contributed by atoms with Crippen LogP contribution in [0.2, 0.25) is 0 Å². The summed E-state index contributed by atoms with van der Waals surface area (Å²) in [5.41, 5.74) is 2.03. The zero-order valence-electron chi connectivity index (χ0n) is 10.3. The molecule has 0 saturated carbocycles. The molecule has 96 valence electrons. The largest absolute Gasteiger partial charge is 0.435 e. The third-order valence-electron chi connectivity index (χ3n) is 2.99. The highest BCUT2D eigenvalue weighted by atomic mass is 16.5. The maximum absolute atomic E-state index is 5.88. The summed E-state index contributed by atoms with van der Waals surface area (Å²) in [6.45, 7) is 0. The molecule has 20 heavy (non-hydrogen) atoms. The number of benzene rings is 1. The Kier molecular flexibility index (Phi) is 2.32. The van der Waals surface area contributed by atoms with Crippen molar-refractivity contribution in [3.05, 3.63) is 49.2 Å². The number of ether oxygens (including phenoxy) is 1. The summed E-state index contributed by atoms with van der Waals surface area (Å²) in [5, 5.41) is 1.01. The predicted molar refractivity (Wildman–Crippen MR) is 73.5 cm³/mol. The van der Waals surface area contributed by atoms with E-state index in [1.165, 1.54) is 6.33 Å². The molecule has 4 aromatic rings. The Hall–Kier alpha value is -3.02. The normalized spacial score (nSPS) is 11.0.